The molecule has 0 saturated heterocycles. The van der Waals surface area contributed by atoms with Crippen molar-refractivity contribution in [3.05, 3.63) is 35.4 Å². The van der Waals surface area contributed by atoms with E-state index in [2.05, 4.69) is 15.2 Å². The van der Waals surface area contributed by atoms with Crippen molar-refractivity contribution in [2.24, 2.45) is 0 Å². The molecular weight excluding hydrogens is 205 g/mol. The van der Waals surface area contributed by atoms with Gasteiger partial charge in [0.05, 0.1) is 5.56 Å². The number of aromatic nitrogens is 3. The Bertz CT molecular complexity index is 529. The summed E-state index contributed by atoms with van der Waals surface area (Å²) in [6.45, 7) is 1.74. The van der Waals surface area contributed by atoms with E-state index < -0.39 is 0 Å². The SMILES string of the molecule is Cc1cccc(-c2n[nH]c(C3CC3)n2)c1F. The van der Waals surface area contributed by atoms with Crippen LogP contribution >= 0.6 is 0 Å². The lowest BCUT2D eigenvalue weighted by atomic mass is 10.1. The van der Waals surface area contributed by atoms with Crippen molar-refractivity contribution in [1.82, 2.24) is 15.2 Å². The number of nitrogens with one attached hydrogen (secondary N) is 1. The van der Waals surface area contributed by atoms with Crippen LogP contribution in [-0.4, -0.2) is 15.2 Å². The molecule has 0 bridgehead atoms. The summed E-state index contributed by atoms with van der Waals surface area (Å²) in [4.78, 5) is 4.34. The molecule has 82 valence electrons. The molecule has 1 aliphatic rings. The summed E-state index contributed by atoms with van der Waals surface area (Å²) in [5, 5.41) is 6.96. The van der Waals surface area contributed by atoms with Gasteiger partial charge in [-0.05, 0) is 31.4 Å². The lowest BCUT2D eigenvalue weighted by molar-refractivity contribution is 0.621. The summed E-state index contributed by atoms with van der Waals surface area (Å²) in [6.07, 6.45) is 2.32. The highest BCUT2D eigenvalue weighted by molar-refractivity contribution is 5.56. The fourth-order valence-electron chi connectivity index (χ4n) is 1.75. The zero-order chi connectivity index (χ0) is 11.1. The molecule has 0 spiro atoms. The van der Waals surface area contributed by atoms with Crippen LogP contribution in [0.4, 0.5) is 4.39 Å². The highest BCUT2D eigenvalue weighted by Crippen LogP contribution is 2.38. The van der Waals surface area contributed by atoms with Crippen molar-refractivity contribution < 1.29 is 4.39 Å². The Morgan fingerprint density at radius 3 is 2.94 bits per heavy atom. The molecule has 1 heterocycles. The Kier molecular flexibility index (Phi) is 2.02. The van der Waals surface area contributed by atoms with Gasteiger partial charge >= 0.3 is 0 Å². The van der Waals surface area contributed by atoms with Crippen molar-refractivity contribution in [3.8, 4) is 11.4 Å². The highest BCUT2D eigenvalue weighted by Gasteiger charge is 2.27. The van der Waals surface area contributed by atoms with Crippen LogP contribution in [-0.2, 0) is 0 Å². The van der Waals surface area contributed by atoms with Crippen molar-refractivity contribution in [2.45, 2.75) is 25.7 Å². The van der Waals surface area contributed by atoms with Crippen LogP contribution in [0.5, 0.6) is 0 Å². The lowest BCUT2D eigenvalue weighted by Gasteiger charge is -2.00. The van der Waals surface area contributed by atoms with Crippen LogP contribution in [0.1, 0.15) is 30.1 Å². The van der Waals surface area contributed by atoms with Crippen LogP contribution in [0, 0.1) is 12.7 Å². The standard InChI is InChI=1S/C12H12FN3/c1-7-3-2-4-9(10(7)13)12-14-11(15-16-12)8-5-6-8/h2-4,8H,5-6H2,1H3,(H,14,15,16). The number of hydrogen-bond donors (Lipinski definition) is 1. The van der Waals surface area contributed by atoms with E-state index in [1.165, 1.54) is 0 Å². The molecule has 3 rings (SSSR count). The first-order chi connectivity index (χ1) is 7.75. The van der Waals surface area contributed by atoms with Gasteiger partial charge in [0.1, 0.15) is 11.6 Å². The Labute approximate surface area is 92.7 Å². The van der Waals surface area contributed by atoms with Gasteiger partial charge in [-0.1, -0.05) is 12.1 Å². The van der Waals surface area contributed by atoms with Crippen LogP contribution in [0.2, 0.25) is 0 Å². The molecule has 0 radical (unpaired) electrons. The molecular formula is C12H12FN3. The third kappa shape index (κ3) is 1.50. The number of benzene rings is 1. The molecule has 1 aromatic carbocycles. The summed E-state index contributed by atoms with van der Waals surface area (Å²) in [6, 6.07) is 5.27. The number of halogens is 1. The van der Waals surface area contributed by atoms with Crippen LogP contribution in [0.25, 0.3) is 11.4 Å². The monoisotopic (exact) mass is 217 g/mol. The van der Waals surface area contributed by atoms with Crippen LogP contribution in [0.3, 0.4) is 0 Å². The van der Waals surface area contributed by atoms with Gasteiger partial charge in [0.15, 0.2) is 5.82 Å². The molecule has 4 heteroatoms. The predicted octanol–water partition coefficient (Wildman–Crippen LogP) is 2.80. The summed E-state index contributed by atoms with van der Waals surface area (Å²) >= 11 is 0. The maximum atomic E-state index is 13.8. The fourth-order valence-corrected chi connectivity index (χ4v) is 1.75. The Morgan fingerprint density at radius 2 is 2.19 bits per heavy atom. The molecule has 0 unspecified atom stereocenters. The number of H-pyrrole nitrogens is 1. The van der Waals surface area contributed by atoms with E-state index in [0.29, 0.717) is 22.9 Å². The van der Waals surface area contributed by atoms with E-state index in [-0.39, 0.29) is 5.82 Å². The number of aryl methyl sites for hydroxylation is 1. The number of nitrogens with zero attached hydrogens (tertiary/aromatic N) is 2. The molecule has 1 saturated carbocycles. The van der Waals surface area contributed by atoms with Crippen molar-refractivity contribution in [3.63, 3.8) is 0 Å². The predicted molar refractivity (Wildman–Crippen MR) is 58.5 cm³/mol. The third-order valence-electron chi connectivity index (χ3n) is 2.90. The minimum atomic E-state index is -0.233. The smallest absolute Gasteiger partial charge is 0.184 e. The first-order valence-electron chi connectivity index (χ1n) is 5.43. The third-order valence-corrected chi connectivity index (χ3v) is 2.90. The molecule has 0 aliphatic heterocycles. The van der Waals surface area contributed by atoms with Crippen LogP contribution in [0.15, 0.2) is 18.2 Å². The van der Waals surface area contributed by atoms with E-state index in [9.17, 15) is 4.39 Å². The van der Waals surface area contributed by atoms with E-state index >= 15 is 0 Å². The first kappa shape index (κ1) is 9.51. The number of aromatic amines is 1. The zero-order valence-corrected chi connectivity index (χ0v) is 9.00. The second-order valence-corrected chi connectivity index (χ2v) is 4.25. The van der Waals surface area contributed by atoms with Gasteiger partial charge in [-0.25, -0.2) is 9.37 Å². The summed E-state index contributed by atoms with van der Waals surface area (Å²) in [7, 11) is 0. The summed E-state index contributed by atoms with van der Waals surface area (Å²) in [5.41, 5.74) is 1.10. The van der Waals surface area contributed by atoms with Gasteiger partial charge < -0.3 is 0 Å². The lowest BCUT2D eigenvalue weighted by Crippen LogP contribution is -1.90. The quantitative estimate of drug-likeness (QED) is 0.840. The van der Waals surface area contributed by atoms with Gasteiger partial charge in [0.25, 0.3) is 0 Å². The second kappa shape index (κ2) is 3.40. The van der Waals surface area contributed by atoms with Crippen molar-refractivity contribution in [2.75, 3.05) is 0 Å². The average molecular weight is 217 g/mol. The van der Waals surface area contributed by atoms with Gasteiger partial charge in [0, 0.05) is 5.92 Å². The Hall–Kier alpha value is -1.71. The highest BCUT2D eigenvalue weighted by atomic mass is 19.1. The Morgan fingerprint density at radius 1 is 1.38 bits per heavy atom. The topological polar surface area (TPSA) is 41.6 Å². The number of hydrogen-bond acceptors (Lipinski definition) is 2. The summed E-state index contributed by atoms with van der Waals surface area (Å²) in [5.74, 6) is 1.62. The minimum Gasteiger partial charge on any atom is -0.262 e. The molecule has 2 aromatic rings. The van der Waals surface area contributed by atoms with E-state index in [1.54, 1.807) is 19.1 Å². The molecule has 16 heavy (non-hydrogen) atoms. The fraction of sp³-hybridized carbons (Fsp3) is 0.333. The Balaban J connectivity index is 2.03. The van der Waals surface area contributed by atoms with Crippen molar-refractivity contribution >= 4 is 0 Å². The summed E-state index contributed by atoms with van der Waals surface area (Å²) < 4.78 is 13.8. The normalized spacial score (nSPS) is 15.4. The van der Waals surface area contributed by atoms with Crippen molar-refractivity contribution in [1.29, 1.82) is 0 Å². The van der Waals surface area contributed by atoms with E-state index in [1.807, 2.05) is 6.07 Å². The minimum absolute atomic E-state index is 0.233. The molecule has 1 aromatic heterocycles. The molecule has 3 nitrogen and oxygen atoms in total. The largest absolute Gasteiger partial charge is 0.262 e. The van der Waals surface area contributed by atoms with Gasteiger partial charge in [-0.3, -0.25) is 5.10 Å². The second-order valence-electron chi connectivity index (χ2n) is 4.25. The molecule has 0 atom stereocenters. The first-order valence-corrected chi connectivity index (χ1v) is 5.43. The molecule has 1 fully saturated rings. The van der Waals surface area contributed by atoms with E-state index in [0.717, 1.165) is 18.7 Å². The van der Waals surface area contributed by atoms with Crippen LogP contribution < -0.4 is 0 Å². The van der Waals surface area contributed by atoms with Gasteiger partial charge in [-0.15, -0.1) is 0 Å². The molecule has 0 amide bonds. The van der Waals surface area contributed by atoms with E-state index in [4.69, 9.17) is 0 Å². The average Bonchev–Trinajstić information content (AvgIpc) is 3.02. The van der Waals surface area contributed by atoms with Gasteiger partial charge in [-0.2, -0.15) is 5.10 Å². The maximum absolute atomic E-state index is 13.8. The zero-order valence-electron chi connectivity index (χ0n) is 9.00. The molecule has 1 N–H and O–H groups in total. The molecule has 1 aliphatic carbocycles. The maximum Gasteiger partial charge on any atom is 0.184 e. The number of rotatable bonds is 2. The van der Waals surface area contributed by atoms with Gasteiger partial charge in [0.2, 0.25) is 0 Å².